The zero-order chi connectivity index (χ0) is 19.2. The van der Waals surface area contributed by atoms with Crippen LogP contribution in [-0.2, 0) is 24.7 Å². The van der Waals surface area contributed by atoms with E-state index in [1.165, 1.54) is 0 Å². The van der Waals surface area contributed by atoms with Crippen LogP contribution in [0.3, 0.4) is 0 Å². The SMILES string of the molecule is C[Si]1(C)O[Si](C)(C)O[Si](C)(C)O1.C[Si]1(C)O[Si](C)(C)O[Si](C)(C)O1. The molecule has 0 amide bonds. The van der Waals surface area contributed by atoms with Gasteiger partial charge in [0.2, 0.25) is 0 Å². The molecule has 0 N–H and O–H groups in total. The van der Waals surface area contributed by atoms with E-state index in [2.05, 4.69) is 78.6 Å². The Labute approximate surface area is 154 Å². The molecule has 2 aliphatic rings. The minimum atomic E-state index is -1.86. The van der Waals surface area contributed by atoms with E-state index in [9.17, 15) is 0 Å². The van der Waals surface area contributed by atoms with Gasteiger partial charge in [-0.15, -0.1) is 0 Å². The zero-order valence-electron chi connectivity index (χ0n) is 17.4. The molecule has 12 heteroatoms. The third-order valence-electron chi connectivity index (χ3n) is 2.95. The van der Waals surface area contributed by atoms with E-state index in [0.29, 0.717) is 0 Å². The summed E-state index contributed by atoms with van der Waals surface area (Å²) in [6.45, 7) is 25.2. The second-order valence-electron chi connectivity index (χ2n) is 9.01. The van der Waals surface area contributed by atoms with Gasteiger partial charge in [-0.25, -0.2) is 0 Å². The number of hydrogen-bond donors (Lipinski definition) is 0. The molecular formula is C12H36O6Si6. The maximum absolute atomic E-state index is 5.86. The minimum Gasteiger partial charge on any atom is -0.416 e. The van der Waals surface area contributed by atoms with Crippen LogP contribution >= 0.6 is 0 Å². The molecule has 0 aromatic heterocycles. The summed E-state index contributed by atoms with van der Waals surface area (Å²) in [5.41, 5.74) is 0. The fraction of sp³-hybridized carbons (Fsp3) is 1.00. The van der Waals surface area contributed by atoms with E-state index in [-0.39, 0.29) is 0 Å². The predicted octanol–water partition coefficient (Wildman–Crippen LogP) is 4.31. The first-order chi connectivity index (χ1) is 10.2. The molecule has 2 fully saturated rings. The molecule has 24 heavy (non-hydrogen) atoms. The molecule has 0 bridgehead atoms. The summed E-state index contributed by atoms with van der Waals surface area (Å²) < 4.78 is 35.2. The molecule has 0 unspecified atom stereocenters. The molecule has 0 aromatic rings. The Balaban J connectivity index is 0.000000240. The molecule has 2 heterocycles. The van der Waals surface area contributed by atoms with Gasteiger partial charge in [0.15, 0.2) is 0 Å². The summed E-state index contributed by atoms with van der Waals surface area (Å²) >= 11 is 0. The van der Waals surface area contributed by atoms with Gasteiger partial charge in [-0.05, 0) is 78.6 Å². The highest BCUT2D eigenvalue weighted by molar-refractivity contribution is 6.93. The smallest absolute Gasteiger partial charge is 0.314 e. The molecule has 0 aromatic carbocycles. The standard InChI is InChI=1S/2C6H18O3Si3/c2*1-10(2)7-11(3,4)9-12(5,6)8-10/h2*1-6H3. The summed E-state index contributed by atoms with van der Waals surface area (Å²) in [4.78, 5) is 0. The maximum atomic E-state index is 5.86. The lowest BCUT2D eigenvalue weighted by atomic mass is 11.9. The first-order valence-electron chi connectivity index (χ1n) is 8.45. The lowest BCUT2D eigenvalue weighted by molar-refractivity contribution is 0.236. The van der Waals surface area contributed by atoms with E-state index in [4.69, 9.17) is 24.7 Å². The zero-order valence-corrected chi connectivity index (χ0v) is 23.4. The van der Waals surface area contributed by atoms with Crippen LogP contribution in [0.2, 0.25) is 78.6 Å². The Bertz CT molecular complexity index is 332. The van der Waals surface area contributed by atoms with E-state index >= 15 is 0 Å². The molecule has 6 nitrogen and oxygen atoms in total. The molecular weight excluding hydrogens is 409 g/mol. The molecule has 144 valence electrons. The molecule has 0 spiro atoms. The van der Waals surface area contributed by atoms with Crippen molar-refractivity contribution in [3.63, 3.8) is 0 Å². The Morgan fingerprint density at radius 3 is 0.417 bits per heavy atom. The van der Waals surface area contributed by atoms with Gasteiger partial charge in [0, 0.05) is 0 Å². The summed E-state index contributed by atoms with van der Waals surface area (Å²) in [5, 5.41) is 0. The van der Waals surface area contributed by atoms with Crippen LogP contribution in [0.5, 0.6) is 0 Å². The van der Waals surface area contributed by atoms with Crippen LogP contribution in [0.15, 0.2) is 0 Å². The summed E-state index contributed by atoms with van der Waals surface area (Å²) in [5.74, 6) is 0. The average molecular weight is 445 g/mol. The second kappa shape index (κ2) is 6.90. The maximum Gasteiger partial charge on any atom is 0.314 e. The number of rotatable bonds is 0. The van der Waals surface area contributed by atoms with Gasteiger partial charge < -0.3 is 24.7 Å². The van der Waals surface area contributed by atoms with Crippen molar-refractivity contribution in [2.75, 3.05) is 0 Å². The highest BCUT2D eigenvalue weighted by Gasteiger charge is 2.51. The normalized spacial score (nSPS) is 31.5. The molecule has 0 atom stereocenters. The molecule has 0 aliphatic carbocycles. The van der Waals surface area contributed by atoms with E-state index in [1.807, 2.05) is 0 Å². The van der Waals surface area contributed by atoms with Crippen molar-refractivity contribution in [1.82, 2.24) is 0 Å². The van der Waals surface area contributed by atoms with Gasteiger partial charge in [-0.1, -0.05) is 0 Å². The quantitative estimate of drug-likeness (QED) is 0.519. The fourth-order valence-electron chi connectivity index (χ4n) is 3.68. The Morgan fingerprint density at radius 2 is 0.333 bits per heavy atom. The molecule has 2 rings (SSSR count). The van der Waals surface area contributed by atoms with Gasteiger partial charge >= 0.3 is 51.4 Å². The van der Waals surface area contributed by atoms with Gasteiger partial charge in [0.25, 0.3) is 0 Å². The summed E-state index contributed by atoms with van der Waals surface area (Å²) in [7, 11) is -11.2. The van der Waals surface area contributed by atoms with Gasteiger partial charge in [0.1, 0.15) is 0 Å². The highest BCUT2D eigenvalue weighted by atomic mass is 28.5. The Hall–Kier alpha value is 1.06. The van der Waals surface area contributed by atoms with Crippen molar-refractivity contribution < 1.29 is 24.7 Å². The second-order valence-corrected chi connectivity index (χ2v) is 30.7. The lowest BCUT2D eigenvalue weighted by Gasteiger charge is -2.46. The van der Waals surface area contributed by atoms with Crippen molar-refractivity contribution in [2.24, 2.45) is 0 Å². The largest absolute Gasteiger partial charge is 0.416 e. The van der Waals surface area contributed by atoms with E-state index in [1.54, 1.807) is 0 Å². The Kier molecular flexibility index (Phi) is 6.64. The number of hydrogen-bond acceptors (Lipinski definition) is 6. The highest BCUT2D eigenvalue weighted by Crippen LogP contribution is 2.30. The van der Waals surface area contributed by atoms with E-state index < -0.39 is 51.4 Å². The molecule has 0 saturated carbocycles. The Morgan fingerprint density at radius 1 is 0.250 bits per heavy atom. The average Bonchev–Trinajstić information content (AvgIpc) is 1.97. The monoisotopic (exact) mass is 444 g/mol. The summed E-state index contributed by atoms with van der Waals surface area (Å²) in [6, 6.07) is 0. The van der Waals surface area contributed by atoms with Gasteiger partial charge in [0.05, 0.1) is 0 Å². The molecule has 2 saturated heterocycles. The van der Waals surface area contributed by atoms with Crippen LogP contribution in [0.25, 0.3) is 0 Å². The third-order valence-corrected chi connectivity index (χ3v) is 26.5. The van der Waals surface area contributed by atoms with E-state index in [0.717, 1.165) is 0 Å². The van der Waals surface area contributed by atoms with Crippen LogP contribution in [0.4, 0.5) is 0 Å². The topological polar surface area (TPSA) is 55.4 Å². The van der Waals surface area contributed by atoms with Gasteiger partial charge in [-0.3, -0.25) is 0 Å². The minimum absolute atomic E-state index is 1.86. The van der Waals surface area contributed by atoms with Gasteiger partial charge in [-0.2, -0.15) is 0 Å². The molecule has 0 radical (unpaired) electrons. The van der Waals surface area contributed by atoms with Crippen molar-refractivity contribution in [3.05, 3.63) is 0 Å². The van der Waals surface area contributed by atoms with Crippen LogP contribution in [-0.4, -0.2) is 51.4 Å². The summed E-state index contributed by atoms with van der Waals surface area (Å²) in [6.07, 6.45) is 0. The predicted molar refractivity (Wildman–Crippen MR) is 111 cm³/mol. The first kappa shape index (κ1) is 23.1. The van der Waals surface area contributed by atoms with Crippen molar-refractivity contribution in [1.29, 1.82) is 0 Å². The molecule has 2 aliphatic heterocycles. The first-order valence-corrected chi connectivity index (χ1v) is 25.3. The van der Waals surface area contributed by atoms with Crippen molar-refractivity contribution in [2.45, 2.75) is 78.6 Å². The van der Waals surface area contributed by atoms with Crippen molar-refractivity contribution >= 4 is 51.4 Å². The lowest BCUT2D eigenvalue weighted by Crippen LogP contribution is -2.64. The van der Waals surface area contributed by atoms with Crippen molar-refractivity contribution in [3.8, 4) is 0 Å². The van der Waals surface area contributed by atoms with Crippen LogP contribution < -0.4 is 0 Å². The fourth-order valence-corrected chi connectivity index (χ4v) is 35.3. The van der Waals surface area contributed by atoms with Crippen LogP contribution in [0, 0.1) is 0 Å². The van der Waals surface area contributed by atoms with Crippen LogP contribution in [0.1, 0.15) is 0 Å². The third kappa shape index (κ3) is 8.17.